The third-order valence-corrected chi connectivity index (χ3v) is 5.23. The normalized spacial score (nSPS) is 17.7. The van der Waals surface area contributed by atoms with Crippen LogP contribution in [0.3, 0.4) is 0 Å². The van der Waals surface area contributed by atoms with Gasteiger partial charge in [0.1, 0.15) is 23.0 Å². The molecule has 0 unspecified atom stereocenters. The van der Waals surface area contributed by atoms with Gasteiger partial charge in [0.15, 0.2) is 0 Å². The van der Waals surface area contributed by atoms with E-state index in [0.717, 1.165) is 0 Å². The van der Waals surface area contributed by atoms with Crippen LogP contribution in [0.25, 0.3) is 5.76 Å². The van der Waals surface area contributed by atoms with Crippen molar-refractivity contribution in [2.75, 3.05) is 14.2 Å². The zero-order valence-corrected chi connectivity index (χ0v) is 17.1. The van der Waals surface area contributed by atoms with Gasteiger partial charge in [-0.15, -0.1) is 0 Å². The van der Waals surface area contributed by atoms with Crippen LogP contribution < -0.4 is 9.47 Å². The third kappa shape index (κ3) is 3.66. The highest BCUT2D eigenvalue weighted by atomic mass is 16.5. The van der Waals surface area contributed by atoms with E-state index in [1.807, 2.05) is 0 Å². The fourth-order valence-electron chi connectivity index (χ4n) is 3.73. The van der Waals surface area contributed by atoms with Gasteiger partial charge in [0.05, 0.1) is 38.6 Å². The summed E-state index contributed by atoms with van der Waals surface area (Å²) in [6.45, 7) is 0.0585. The van der Waals surface area contributed by atoms with Crippen LogP contribution in [0.4, 0.5) is 0 Å². The lowest BCUT2D eigenvalue weighted by atomic mass is 9.94. The zero-order chi connectivity index (χ0) is 22.0. The molecular formula is C24H21NO6. The number of carbonyl (C=O) groups is 2. The quantitative estimate of drug-likeness (QED) is 0.370. The van der Waals surface area contributed by atoms with Gasteiger partial charge in [-0.25, -0.2) is 0 Å². The van der Waals surface area contributed by atoms with Gasteiger partial charge in [0.25, 0.3) is 11.7 Å². The third-order valence-electron chi connectivity index (χ3n) is 5.23. The fourth-order valence-corrected chi connectivity index (χ4v) is 3.73. The number of amides is 1. The molecule has 0 aliphatic carbocycles. The SMILES string of the molecule is COc1ccc([C@@H]2C(=C(O)c3ccccc3)C(=O)C(=O)N2Cc2ccco2)c(OC)c1. The van der Waals surface area contributed by atoms with E-state index in [-0.39, 0.29) is 17.9 Å². The van der Waals surface area contributed by atoms with Crippen LogP contribution in [0, 0.1) is 0 Å². The average Bonchev–Trinajstić information content (AvgIpc) is 3.41. The predicted molar refractivity (Wildman–Crippen MR) is 113 cm³/mol. The summed E-state index contributed by atoms with van der Waals surface area (Å²) < 4.78 is 16.2. The van der Waals surface area contributed by atoms with Crippen molar-refractivity contribution in [3.63, 3.8) is 0 Å². The lowest BCUT2D eigenvalue weighted by molar-refractivity contribution is -0.140. The number of carbonyl (C=O) groups excluding carboxylic acids is 2. The smallest absolute Gasteiger partial charge is 0.296 e. The number of aliphatic hydroxyl groups is 1. The van der Waals surface area contributed by atoms with Crippen molar-refractivity contribution < 1.29 is 28.6 Å². The topological polar surface area (TPSA) is 89.2 Å². The van der Waals surface area contributed by atoms with Crippen molar-refractivity contribution >= 4 is 17.4 Å². The Labute approximate surface area is 179 Å². The number of benzene rings is 2. The van der Waals surface area contributed by atoms with Gasteiger partial charge in [-0.3, -0.25) is 9.59 Å². The number of nitrogens with zero attached hydrogens (tertiary/aromatic N) is 1. The second-order valence-corrected chi connectivity index (χ2v) is 6.98. The van der Waals surface area contributed by atoms with Crippen LogP contribution in [0.2, 0.25) is 0 Å². The van der Waals surface area contributed by atoms with Crippen LogP contribution >= 0.6 is 0 Å². The highest BCUT2D eigenvalue weighted by Gasteiger charge is 2.47. The first kappa shape index (κ1) is 20.3. The molecule has 158 valence electrons. The van der Waals surface area contributed by atoms with Gasteiger partial charge in [0, 0.05) is 17.2 Å². The van der Waals surface area contributed by atoms with Crippen molar-refractivity contribution in [1.82, 2.24) is 4.90 Å². The molecule has 1 saturated heterocycles. The summed E-state index contributed by atoms with van der Waals surface area (Å²) in [7, 11) is 3.03. The van der Waals surface area contributed by atoms with Gasteiger partial charge >= 0.3 is 0 Å². The summed E-state index contributed by atoms with van der Waals surface area (Å²) in [5.41, 5.74) is 0.980. The molecule has 1 amide bonds. The van der Waals surface area contributed by atoms with E-state index in [0.29, 0.717) is 28.4 Å². The number of rotatable bonds is 6. The Hall–Kier alpha value is -4.00. The van der Waals surface area contributed by atoms with Crippen LogP contribution in [0.5, 0.6) is 11.5 Å². The Morgan fingerprint density at radius 3 is 2.45 bits per heavy atom. The summed E-state index contributed by atoms with van der Waals surface area (Å²) in [5.74, 6) is -0.239. The maximum Gasteiger partial charge on any atom is 0.296 e. The number of furan rings is 1. The first-order chi connectivity index (χ1) is 15.0. The molecule has 0 saturated carbocycles. The molecule has 2 heterocycles. The largest absolute Gasteiger partial charge is 0.507 e. The van der Waals surface area contributed by atoms with E-state index in [2.05, 4.69) is 0 Å². The second kappa shape index (κ2) is 8.39. The minimum atomic E-state index is -0.869. The Bertz CT molecular complexity index is 1130. The molecule has 2 aromatic carbocycles. The maximum absolute atomic E-state index is 13.1. The van der Waals surface area contributed by atoms with Crippen molar-refractivity contribution in [2.24, 2.45) is 0 Å². The van der Waals surface area contributed by atoms with E-state index >= 15 is 0 Å². The molecule has 1 aliphatic heterocycles. The molecule has 4 rings (SSSR count). The molecule has 1 atom stereocenters. The molecule has 0 spiro atoms. The fraction of sp³-hybridized carbons (Fsp3) is 0.167. The highest BCUT2D eigenvalue weighted by Crippen LogP contribution is 2.44. The Kier molecular flexibility index (Phi) is 5.49. The van der Waals surface area contributed by atoms with Crippen molar-refractivity contribution in [3.05, 3.63) is 89.4 Å². The van der Waals surface area contributed by atoms with Gasteiger partial charge in [-0.1, -0.05) is 30.3 Å². The van der Waals surface area contributed by atoms with Gasteiger partial charge < -0.3 is 23.9 Å². The predicted octanol–water partition coefficient (Wildman–Crippen LogP) is 3.92. The van der Waals surface area contributed by atoms with E-state index in [1.54, 1.807) is 60.7 Å². The van der Waals surface area contributed by atoms with Crippen LogP contribution in [-0.4, -0.2) is 35.9 Å². The van der Waals surface area contributed by atoms with Crippen LogP contribution in [0.15, 0.2) is 76.9 Å². The number of ketones is 1. The van der Waals surface area contributed by atoms with E-state index in [1.165, 1.54) is 25.4 Å². The second-order valence-electron chi connectivity index (χ2n) is 6.98. The maximum atomic E-state index is 13.1. The van der Waals surface area contributed by atoms with Gasteiger partial charge in [-0.05, 0) is 24.3 Å². The Morgan fingerprint density at radius 2 is 1.81 bits per heavy atom. The lowest BCUT2D eigenvalue weighted by Gasteiger charge is -2.26. The highest BCUT2D eigenvalue weighted by molar-refractivity contribution is 6.46. The van der Waals surface area contributed by atoms with Crippen molar-refractivity contribution in [1.29, 1.82) is 0 Å². The molecular weight excluding hydrogens is 398 g/mol. The standard InChI is InChI=1S/C24H21NO6/c1-29-16-10-11-18(19(13-16)30-2)21-20(22(26)15-7-4-3-5-8-15)23(27)24(28)25(21)14-17-9-6-12-31-17/h3-13,21,26H,14H2,1-2H3/t21-/m1/s1. The number of ether oxygens (including phenoxy) is 2. The monoisotopic (exact) mass is 419 g/mol. The molecule has 1 N–H and O–H groups in total. The van der Waals surface area contributed by atoms with Gasteiger partial charge in [-0.2, -0.15) is 0 Å². The summed E-state index contributed by atoms with van der Waals surface area (Å²) in [4.78, 5) is 27.4. The van der Waals surface area contributed by atoms with E-state index < -0.39 is 17.7 Å². The van der Waals surface area contributed by atoms with E-state index in [4.69, 9.17) is 13.9 Å². The molecule has 1 fully saturated rings. The minimum absolute atomic E-state index is 0.00813. The molecule has 1 aliphatic rings. The average molecular weight is 419 g/mol. The molecule has 0 radical (unpaired) electrons. The Morgan fingerprint density at radius 1 is 1.03 bits per heavy atom. The molecule has 3 aromatic rings. The first-order valence-corrected chi connectivity index (χ1v) is 9.63. The molecule has 7 heteroatoms. The molecule has 31 heavy (non-hydrogen) atoms. The van der Waals surface area contributed by atoms with Crippen LogP contribution in [0.1, 0.15) is 22.9 Å². The number of hydrogen-bond acceptors (Lipinski definition) is 6. The Balaban J connectivity index is 1.91. The number of hydrogen-bond donors (Lipinski definition) is 1. The summed E-state index contributed by atoms with van der Waals surface area (Å²) in [6.07, 6.45) is 1.50. The van der Waals surface area contributed by atoms with Crippen molar-refractivity contribution in [3.8, 4) is 11.5 Å². The molecule has 7 nitrogen and oxygen atoms in total. The number of methoxy groups -OCH3 is 2. The van der Waals surface area contributed by atoms with E-state index in [9.17, 15) is 14.7 Å². The zero-order valence-electron chi connectivity index (χ0n) is 17.1. The lowest BCUT2D eigenvalue weighted by Crippen LogP contribution is -2.29. The summed E-state index contributed by atoms with van der Waals surface area (Å²) in [5, 5.41) is 11.0. The summed E-state index contributed by atoms with van der Waals surface area (Å²) >= 11 is 0. The molecule has 1 aromatic heterocycles. The van der Waals surface area contributed by atoms with Crippen LogP contribution in [-0.2, 0) is 16.1 Å². The number of aliphatic hydroxyl groups excluding tert-OH is 1. The summed E-state index contributed by atoms with van der Waals surface area (Å²) in [6, 6.07) is 16.3. The number of Topliss-reactive ketones (excluding diaryl/α,β-unsaturated/α-hetero) is 1. The van der Waals surface area contributed by atoms with Gasteiger partial charge in [0.2, 0.25) is 0 Å². The minimum Gasteiger partial charge on any atom is -0.507 e. The van der Waals surface area contributed by atoms with Crippen molar-refractivity contribution in [2.45, 2.75) is 12.6 Å². The number of likely N-dealkylation sites (tertiary alicyclic amines) is 1. The first-order valence-electron chi connectivity index (χ1n) is 9.63. The molecule has 0 bridgehead atoms.